The highest BCUT2D eigenvalue weighted by Gasteiger charge is 2.33. The number of rotatable bonds is 3. The van der Waals surface area contributed by atoms with E-state index in [0.717, 1.165) is 63.7 Å². The van der Waals surface area contributed by atoms with Crippen LogP contribution in [0.4, 0.5) is 0 Å². The minimum absolute atomic E-state index is 0.688. The summed E-state index contributed by atoms with van der Waals surface area (Å²) in [6, 6.07) is 8.17. The van der Waals surface area contributed by atoms with Crippen molar-refractivity contribution < 1.29 is 4.68 Å². The molecule has 7 nitrogen and oxygen atoms in total. The number of hydrogen-bond donors (Lipinski definition) is 0. The standard InChI is InChI=1S/C20H20N7/c1-12-11-22-13(2)20-23-17(25-27(12)20)8-9-18-24-19-14-5-4-10-21-15(14)6-7-16(19)26(18)3/h4-7,10H,8-9,11H2,1-3H3/q+1. The van der Waals surface area contributed by atoms with E-state index in [1.807, 2.05) is 30.8 Å². The zero-order valence-electron chi connectivity index (χ0n) is 15.6. The third-order valence-corrected chi connectivity index (χ3v) is 5.18. The number of hydrogen-bond acceptors (Lipinski definition) is 5. The summed E-state index contributed by atoms with van der Waals surface area (Å²) < 4.78 is 4.08. The summed E-state index contributed by atoms with van der Waals surface area (Å²) in [6.45, 7) is 4.72. The highest BCUT2D eigenvalue weighted by atomic mass is 15.5. The molecule has 2 aliphatic heterocycles. The average Bonchev–Trinajstić information content (AvgIpc) is 3.26. The van der Waals surface area contributed by atoms with E-state index >= 15 is 0 Å². The Balaban J connectivity index is 1.47. The van der Waals surface area contributed by atoms with Crippen molar-refractivity contribution in [3.05, 3.63) is 36.3 Å². The summed E-state index contributed by atoms with van der Waals surface area (Å²) in [5.41, 5.74) is 5.15. The molecule has 2 aromatic heterocycles. The molecule has 134 valence electrons. The van der Waals surface area contributed by atoms with Gasteiger partial charge in [-0.2, -0.15) is 0 Å². The summed E-state index contributed by atoms with van der Waals surface area (Å²) in [5, 5.41) is 5.76. The molecule has 4 heterocycles. The maximum atomic E-state index is 4.90. The molecule has 0 atom stereocenters. The minimum atomic E-state index is 0.688. The molecule has 3 aromatic rings. The molecule has 0 saturated heterocycles. The molecule has 0 fully saturated rings. The molecule has 0 radical (unpaired) electrons. The van der Waals surface area contributed by atoms with Crippen LogP contribution in [0, 0.1) is 0 Å². The monoisotopic (exact) mass is 358 g/mol. The first-order valence-electron chi connectivity index (χ1n) is 9.11. The van der Waals surface area contributed by atoms with Gasteiger partial charge in [-0.05, 0) is 48.2 Å². The molecule has 0 spiro atoms. The fraction of sp³-hybridized carbons (Fsp3) is 0.300. The Labute approximate surface area is 156 Å². The first kappa shape index (κ1) is 16.0. The third-order valence-electron chi connectivity index (χ3n) is 5.18. The second kappa shape index (κ2) is 5.90. The van der Waals surface area contributed by atoms with Crippen LogP contribution in [-0.2, 0) is 13.5 Å². The van der Waals surface area contributed by atoms with E-state index in [9.17, 15) is 0 Å². The molecule has 0 unspecified atom stereocenters. The number of nitrogens with zero attached hydrogens (tertiary/aromatic N) is 7. The Morgan fingerprint density at radius 1 is 1.15 bits per heavy atom. The Kier molecular flexibility index (Phi) is 3.50. The van der Waals surface area contributed by atoms with Gasteiger partial charge in [-0.1, -0.05) is 4.68 Å². The maximum absolute atomic E-state index is 4.90. The summed E-state index contributed by atoms with van der Waals surface area (Å²) in [7, 11) is 2.06. The van der Waals surface area contributed by atoms with E-state index in [1.165, 1.54) is 0 Å². The molecular weight excluding hydrogens is 338 g/mol. The smallest absolute Gasteiger partial charge is 0.331 e. The van der Waals surface area contributed by atoms with Crippen molar-refractivity contribution in [3.8, 4) is 0 Å². The molecule has 1 aromatic carbocycles. The number of hydrazone groups is 1. The minimum Gasteiger partial charge on any atom is -0.331 e. The number of aryl methyl sites for hydroxylation is 2. The number of fused-ring (bicyclic) bond motifs is 4. The van der Waals surface area contributed by atoms with Crippen molar-refractivity contribution in [3.63, 3.8) is 0 Å². The third kappa shape index (κ3) is 2.50. The lowest BCUT2D eigenvalue weighted by atomic mass is 10.2. The molecule has 7 heteroatoms. The topological polar surface area (TPSA) is 70.8 Å². The van der Waals surface area contributed by atoms with Gasteiger partial charge in [0.15, 0.2) is 0 Å². The molecule has 0 saturated carbocycles. The van der Waals surface area contributed by atoms with E-state index in [-0.39, 0.29) is 0 Å². The number of aliphatic imine (C=N–C) groups is 2. The van der Waals surface area contributed by atoms with Crippen LogP contribution >= 0.6 is 0 Å². The lowest BCUT2D eigenvalue weighted by molar-refractivity contribution is -0.407. The van der Waals surface area contributed by atoms with Crippen LogP contribution in [-0.4, -0.2) is 48.9 Å². The Morgan fingerprint density at radius 2 is 2.04 bits per heavy atom. The number of pyridine rings is 1. The van der Waals surface area contributed by atoms with Crippen LogP contribution in [0.5, 0.6) is 0 Å². The Morgan fingerprint density at radius 3 is 2.89 bits per heavy atom. The summed E-state index contributed by atoms with van der Waals surface area (Å²) in [6.07, 6.45) is 3.34. The molecule has 5 rings (SSSR count). The largest absolute Gasteiger partial charge is 0.371 e. The normalized spacial score (nSPS) is 16.6. The van der Waals surface area contributed by atoms with Crippen molar-refractivity contribution >= 4 is 45.0 Å². The predicted molar refractivity (Wildman–Crippen MR) is 108 cm³/mol. The maximum Gasteiger partial charge on any atom is 0.371 e. The Hall–Kier alpha value is -3.22. The molecule has 0 amide bonds. The van der Waals surface area contributed by atoms with Gasteiger partial charge in [-0.25, -0.2) is 4.98 Å². The number of imidazole rings is 1. The lowest BCUT2D eigenvalue weighted by Gasteiger charge is -2.04. The zero-order valence-corrected chi connectivity index (χ0v) is 15.6. The quantitative estimate of drug-likeness (QED) is 0.676. The first-order chi connectivity index (χ1) is 13.1. The highest BCUT2D eigenvalue weighted by Crippen LogP contribution is 2.24. The predicted octanol–water partition coefficient (Wildman–Crippen LogP) is 2.73. The molecule has 0 aliphatic carbocycles. The second-order valence-corrected chi connectivity index (χ2v) is 6.99. The van der Waals surface area contributed by atoms with Crippen LogP contribution in [0.3, 0.4) is 0 Å². The van der Waals surface area contributed by atoms with E-state index < -0.39 is 0 Å². The molecular formula is C20H20N7+. The van der Waals surface area contributed by atoms with Gasteiger partial charge in [0.05, 0.1) is 23.1 Å². The summed E-state index contributed by atoms with van der Waals surface area (Å²) >= 11 is 0. The number of benzene rings is 1. The Bertz CT molecular complexity index is 1220. The van der Waals surface area contributed by atoms with Crippen LogP contribution in [0.2, 0.25) is 0 Å². The van der Waals surface area contributed by atoms with Gasteiger partial charge in [0.2, 0.25) is 0 Å². The molecule has 2 aliphatic rings. The molecule has 27 heavy (non-hydrogen) atoms. The lowest BCUT2D eigenvalue weighted by Crippen LogP contribution is -2.31. The van der Waals surface area contributed by atoms with Crippen LogP contribution in [0.1, 0.15) is 26.1 Å². The average molecular weight is 358 g/mol. The van der Waals surface area contributed by atoms with E-state index in [2.05, 4.69) is 49.9 Å². The van der Waals surface area contributed by atoms with Gasteiger partial charge in [0.1, 0.15) is 17.2 Å². The fourth-order valence-electron chi connectivity index (χ4n) is 3.64. The van der Waals surface area contributed by atoms with Crippen molar-refractivity contribution in [2.45, 2.75) is 26.7 Å². The van der Waals surface area contributed by atoms with Gasteiger partial charge in [-0.3, -0.25) is 9.98 Å². The van der Waals surface area contributed by atoms with Gasteiger partial charge in [-0.15, -0.1) is 0 Å². The van der Waals surface area contributed by atoms with Gasteiger partial charge in [0, 0.05) is 31.5 Å². The molecule has 0 N–H and O–H groups in total. The van der Waals surface area contributed by atoms with E-state index in [4.69, 9.17) is 4.98 Å². The summed E-state index contributed by atoms with van der Waals surface area (Å²) in [5.74, 6) is 2.72. The van der Waals surface area contributed by atoms with Crippen molar-refractivity contribution in [1.82, 2.24) is 14.5 Å². The van der Waals surface area contributed by atoms with Crippen molar-refractivity contribution in [2.75, 3.05) is 6.54 Å². The second-order valence-electron chi connectivity index (χ2n) is 6.99. The van der Waals surface area contributed by atoms with E-state index in [0.29, 0.717) is 6.54 Å². The van der Waals surface area contributed by atoms with Crippen LogP contribution in [0.25, 0.3) is 21.9 Å². The SMILES string of the molecule is CC1=NCC(C)=[N+]2N=C(CCc3nc4c5cccnc5ccc4n3C)N=C12. The first-order valence-corrected chi connectivity index (χ1v) is 9.11. The van der Waals surface area contributed by atoms with Gasteiger partial charge in [0.25, 0.3) is 5.84 Å². The molecule has 0 bridgehead atoms. The van der Waals surface area contributed by atoms with Gasteiger partial charge < -0.3 is 4.57 Å². The zero-order chi connectivity index (χ0) is 18.5. The number of aromatic nitrogens is 3. The van der Waals surface area contributed by atoms with Gasteiger partial charge >= 0.3 is 5.84 Å². The summed E-state index contributed by atoms with van der Waals surface area (Å²) in [4.78, 5) is 18.5. The van der Waals surface area contributed by atoms with Crippen molar-refractivity contribution in [1.29, 1.82) is 0 Å². The fourth-order valence-corrected chi connectivity index (χ4v) is 3.64. The van der Waals surface area contributed by atoms with Crippen LogP contribution in [0.15, 0.2) is 45.5 Å². The number of amidine groups is 2. The highest BCUT2D eigenvalue weighted by molar-refractivity contribution is 6.40. The van der Waals surface area contributed by atoms with Crippen LogP contribution < -0.4 is 0 Å². The van der Waals surface area contributed by atoms with E-state index in [1.54, 1.807) is 0 Å². The van der Waals surface area contributed by atoms with Crippen molar-refractivity contribution in [2.24, 2.45) is 22.1 Å².